The Morgan fingerprint density at radius 3 is 2.75 bits per heavy atom. The molecule has 45 valence electrons. The molecule has 0 aromatic heterocycles. The standard InChI is InChI=1S/C7H10F/c1-2-3-6-4-5-7(6)8/h2,7H,1,3-5H2. The minimum atomic E-state index is -0.604. The summed E-state index contributed by atoms with van der Waals surface area (Å²) < 4.78 is 12.3. The fourth-order valence-electron chi connectivity index (χ4n) is 0.873. The monoisotopic (exact) mass is 113 g/mol. The third-order valence-electron chi connectivity index (χ3n) is 1.57. The van der Waals surface area contributed by atoms with Gasteiger partial charge in [0.05, 0.1) is 0 Å². The SMILES string of the molecule is C=CC[C]1CCC1F. The zero-order chi connectivity index (χ0) is 5.98. The van der Waals surface area contributed by atoms with Gasteiger partial charge in [-0.25, -0.2) is 4.39 Å². The predicted molar refractivity (Wildman–Crippen MR) is 32.2 cm³/mol. The van der Waals surface area contributed by atoms with Gasteiger partial charge in [-0.3, -0.25) is 0 Å². The predicted octanol–water partition coefficient (Wildman–Crippen LogP) is 2.27. The summed E-state index contributed by atoms with van der Waals surface area (Å²) in [4.78, 5) is 0. The third kappa shape index (κ3) is 0.908. The average Bonchev–Trinajstić information content (AvgIpc) is 1.79. The first kappa shape index (κ1) is 5.80. The van der Waals surface area contributed by atoms with Gasteiger partial charge in [0.15, 0.2) is 0 Å². The van der Waals surface area contributed by atoms with Gasteiger partial charge >= 0.3 is 0 Å². The van der Waals surface area contributed by atoms with Crippen LogP contribution in [-0.2, 0) is 0 Å². The molecule has 1 heteroatoms. The summed E-state index contributed by atoms with van der Waals surface area (Å²) in [5.74, 6) is 1.03. The summed E-state index contributed by atoms with van der Waals surface area (Å²) in [6.45, 7) is 3.53. The summed E-state index contributed by atoms with van der Waals surface area (Å²) in [5.41, 5.74) is 0. The van der Waals surface area contributed by atoms with E-state index in [4.69, 9.17) is 0 Å². The van der Waals surface area contributed by atoms with Crippen molar-refractivity contribution in [3.63, 3.8) is 0 Å². The number of hydrogen-bond donors (Lipinski definition) is 0. The largest absolute Gasteiger partial charge is 0.247 e. The van der Waals surface area contributed by atoms with Crippen molar-refractivity contribution in [2.24, 2.45) is 0 Å². The highest BCUT2D eigenvalue weighted by Crippen LogP contribution is 2.35. The van der Waals surface area contributed by atoms with Crippen LogP contribution in [0.5, 0.6) is 0 Å². The topological polar surface area (TPSA) is 0 Å². The van der Waals surface area contributed by atoms with Gasteiger partial charge in [0.1, 0.15) is 6.17 Å². The average molecular weight is 113 g/mol. The molecule has 0 saturated heterocycles. The lowest BCUT2D eigenvalue weighted by Crippen LogP contribution is -2.24. The first-order valence-corrected chi connectivity index (χ1v) is 2.94. The van der Waals surface area contributed by atoms with Gasteiger partial charge in [-0.05, 0) is 19.3 Å². The van der Waals surface area contributed by atoms with E-state index in [9.17, 15) is 4.39 Å². The summed E-state index contributed by atoms with van der Waals surface area (Å²) in [6, 6.07) is 0. The Balaban J connectivity index is 2.16. The maximum absolute atomic E-state index is 12.3. The minimum Gasteiger partial charge on any atom is -0.247 e. The quantitative estimate of drug-likeness (QED) is 0.482. The van der Waals surface area contributed by atoms with E-state index in [1.54, 1.807) is 6.08 Å². The molecule has 1 atom stereocenters. The zero-order valence-corrected chi connectivity index (χ0v) is 4.86. The molecule has 0 N–H and O–H groups in total. The molecule has 8 heavy (non-hydrogen) atoms. The van der Waals surface area contributed by atoms with Crippen molar-refractivity contribution < 1.29 is 4.39 Å². The molecule has 1 radical (unpaired) electrons. The molecule has 1 aliphatic rings. The van der Waals surface area contributed by atoms with E-state index >= 15 is 0 Å². The number of allylic oxidation sites excluding steroid dienone is 1. The van der Waals surface area contributed by atoms with Gasteiger partial charge in [-0.2, -0.15) is 0 Å². The number of alkyl halides is 1. The van der Waals surface area contributed by atoms with Crippen molar-refractivity contribution in [2.45, 2.75) is 25.4 Å². The minimum absolute atomic E-state index is 0.604. The van der Waals surface area contributed by atoms with Crippen LogP contribution in [0.4, 0.5) is 4.39 Å². The van der Waals surface area contributed by atoms with Crippen molar-refractivity contribution in [2.75, 3.05) is 0 Å². The summed E-state index contributed by atoms with van der Waals surface area (Å²) >= 11 is 0. The molecule has 0 aromatic carbocycles. The van der Waals surface area contributed by atoms with E-state index < -0.39 is 6.17 Å². The lowest BCUT2D eigenvalue weighted by atomic mass is 9.81. The van der Waals surface area contributed by atoms with E-state index in [2.05, 4.69) is 6.58 Å². The molecule has 1 rings (SSSR count). The van der Waals surface area contributed by atoms with Crippen molar-refractivity contribution in [3.05, 3.63) is 18.6 Å². The smallest absolute Gasteiger partial charge is 0.107 e. The van der Waals surface area contributed by atoms with Crippen LogP contribution in [0.1, 0.15) is 19.3 Å². The van der Waals surface area contributed by atoms with E-state index in [-0.39, 0.29) is 0 Å². The highest BCUT2D eigenvalue weighted by atomic mass is 19.1. The van der Waals surface area contributed by atoms with Crippen LogP contribution < -0.4 is 0 Å². The molecule has 0 aliphatic heterocycles. The molecular weight excluding hydrogens is 103 g/mol. The van der Waals surface area contributed by atoms with Gasteiger partial charge < -0.3 is 0 Å². The first-order chi connectivity index (χ1) is 3.84. The molecule has 0 amide bonds. The van der Waals surface area contributed by atoms with E-state index in [0.29, 0.717) is 0 Å². The number of rotatable bonds is 2. The van der Waals surface area contributed by atoms with E-state index in [0.717, 1.165) is 25.2 Å². The highest BCUT2D eigenvalue weighted by molar-refractivity contribution is 5.09. The van der Waals surface area contributed by atoms with Crippen LogP contribution in [-0.4, -0.2) is 6.17 Å². The summed E-state index contributed by atoms with van der Waals surface area (Å²) in [6.07, 6.45) is 3.66. The molecule has 0 bridgehead atoms. The zero-order valence-electron chi connectivity index (χ0n) is 4.86. The molecular formula is C7H10F. The molecule has 1 saturated carbocycles. The van der Waals surface area contributed by atoms with Gasteiger partial charge in [-0.1, -0.05) is 6.08 Å². The molecule has 0 nitrogen and oxygen atoms in total. The molecule has 0 aromatic rings. The van der Waals surface area contributed by atoms with E-state index in [1.165, 1.54) is 0 Å². The Bertz CT molecular complexity index is 88.4. The fourth-order valence-corrected chi connectivity index (χ4v) is 0.873. The van der Waals surface area contributed by atoms with Crippen molar-refractivity contribution in [1.29, 1.82) is 0 Å². The second kappa shape index (κ2) is 2.29. The van der Waals surface area contributed by atoms with Gasteiger partial charge in [0, 0.05) is 5.92 Å². The second-order valence-corrected chi connectivity index (χ2v) is 2.16. The summed E-state index contributed by atoms with van der Waals surface area (Å²) in [7, 11) is 0. The van der Waals surface area contributed by atoms with Crippen molar-refractivity contribution in [1.82, 2.24) is 0 Å². The van der Waals surface area contributed by atoms with Crippen LogP contribution in [0, 0.1) is 5.92 Å². The maximum Gasteiger partial charge on any atom is 0.107 e. The van der Waals surface area contributed by atoms with Gasteiger partial charge in [0.2, 0.25) is 0 Å². The fraction of sp³-hybridized carbons (Fsp3) is 0.571. The van der Waals surface area contributed by atoms with Crippen LogP contribution in [0.25, 0.3) is 0 Å². The molecule has 0 spiro atoms. The Morgan fingerprint density at radius 1 is 1.88 bits per heavy atom. The molecule has 1 fully saturated rings. The van der Waals surface area contributed by atoms with Crippen LogP contribution in [0.15, 0.2) is 12.7 Å². The Hall–Kier alpha value is -0.330. The number of hydrogen-bond acceptors (Lipinski definition) is 0. The number of halogens is 1. The van der Waals surface area contributed by atoms with Crippen LogP contribution in [0.3, 0.4) is 0 Å². The Labute approximate surface area is 49.4 Å². The lowest BCUT2D eigenvalue weighted by Gasteiger charge is -2.28. The summed E-state index contributed by atoms with van der Waals surface area (Å²) in [5, 5.41) is 0. The molecule has 1 unspecified atom stereocenters. The maximum atomic E-state index is 12.3. The van der Waals surface area contributed by atoms with Gasteiger partial charge in [0.25, 0.3) is 0 Å². The Morgan fingerprint density at radius 2 is 2.62 bits per heavy atom. The molecule has 1 aliphatic carbocycles. The third-order valence-corrected chi connectivity index (χ3v) is 1.57. The molecule has 0 heterocycles. The Kier molecular flexibility index (Phi) is 1.66. The normalized spacial score (nSPS) is 29.4. The van der Waals surface area contributed by atoms with Crippen molar-refractivity contribution in [3.8, 4) is 0 Å². The van der Waals surface area contributed by atoms with E-state index in [1.807, 2.05) is 0 Å². The second-order valence-electron chi connectivity index (χ2n) is 2.16. The van der Waals surface area contributed by atoms with Crippen LogP contribution in [0.2, 0.25) is 0 Å². The highest BCUT2D eigenvalue weighted by Gasteiger charge is 2.29. The first-order valence-electron chi connectivity index (χ1n) is 2.94. The van der Waals surface area contributed by atoms with Gasteiger partial charge in [-0.15, -0.1) is 6.58 Å². The van der Waals surface area contributed by atoms with Crippen LogP contribution >= 0.6 is 0 Å². The van der Waals surface area contributed by atoms with Crippen molar-refractivity contribution >= 4 is 0 Å². The lowest BCUT2D eigenvalue weighted by molar-refractivity contribution is 0.239.